The maximum absolute atomic E-state index is 3.98. The minimum absolute atomic E-state index is 0.941. The highest BCUT2D eigenvalue weighted by atomic mass is 15.5. The Labute approximate surface area is 51.2 Å². The molecule has 8 heavy (non-hydrogen) atoms. The van der Waals surface area contributed by atoms with Crippen molar-refractivity contribution >= 4 is 0 Å². The molecular formula is C6H14N2. The van der Waals surface area contributed by atoms with Crippen molar-refractivity contribution in [1.82, 2.24) is 0 Å². The molecule has 0 aliphatic heterocycles. The summed E-state index contributed by atoms with van der Waals surface area (Å²) in [4.78, 5) is 0. The molecule has 0 heterocycles. The molecule has 0 aromatic carbocycles. The van der Waals surface area contributed by atoms with Gasteiger partial charge in [0.2, 0.25) is 0 Å². The molecule has 0 spiro atoms. The van der Waals surface area contributed by atoms with E-state index in [0.29, 0.717) is 0 Å². The van der Waals surface area contributed by atoms with Crippen molar-refractivity contribution < 1.29 is 5.01 Å². The number of hydrogen-bond donors (Lipinski definition) is 1. The number of nitrogens with zero attached hydrogens (tertiary/aromatic N) is 1. The fourth-order valence-electron chi connectivity index (χ4n) is 0.516. The summed E-state index contributed by atoms with van der Waals surface area (Å²) in [6, 6.07) is 0. The van der Waals surface area contributed by atoms with Crippen LogP contribution in [0.15, 0.2) is 12.2 Å². The summed E-state index contributed by atoms with van der Waals surface area (Å²) in [6.07, 6.45) is 0. The van der Waals surface area contributed by atoms with Crippen molar-refractivity contribution in [2.24, 2.45) is 0 Å². The molecule has 0 aliphatic rings. The zero-order chi connectivity index (χ0) is 6.57. The first kappa shape index (κ1) is 7.66. The van der Waals surface area contributed by atoms with Gasteiger partial charge in [0.15, 0.2) is 0 Å². The second-order valence-corrected chi connectivity index (χ2v) is 2.09. The molecule has 2 nitrogen and oxygen atoms in total. The van der Waals surface area contributed by atoms with Gasteiger partial charge in [0, 0.05) is 0 Å². The first-order valence-electron chi connectivity index (χ1n) is 2.73. The van der Waals surface area contributed by atoms with E-state index < -0.39 is 0 Å². The third kappa shape index (κ3) is 3.84. The predicted octanol–water partition coefficient (Wildman–Crippen LogP) is -0.00430. The maximum Gasteiger partial charge on any atom is 0.0892 e. The fraction of sp³-hybridized carbons (Fsp3) is 0.667. The Bertz CT molecular complexity index is 78.6. The first-order valence-corrected chi connectivity index (χ1v) is 2.73. The number of rotatable bonds is 3. The number of hydrogen-bond acceptors (Lipinski definition) is 0. The Hall–Kier alpha value is -0.340. The summed E-state index contributed by atoms with van der Waals surface area (Å²) in [5, 5.41) is 1.15. The normalized spacial score (nSPS) is 13.4. The van der Waals surface area contributed by atoms with Gasteiger partial charge in [-0.3, -0.25) is 0 Å². The molecule has 1 atom stereocenters. The summed E-state index contributed by atoms with van der Waals surface area (Å²) < 4.78 is 0. The van der Waals surface area contributed by atoms with E-state index in [1.807, 2.05) is 14.0 Å². The highest BCUT2D eigenvalue weighted by Crippen LogP contribution is 1.76. The van der Waals surface area contributed by atoms with Crippen molar-refractivity contribution in [3.05, 3.63) is 17.6 Å². The molecule has 0 aromatic rings. The molecule has 0 aliphatic carbocycles. The van der Waals surface area contributed by atoms with Gasteiger partial charge in [-0.25, -0.2) is 0 Å². The van der Waals surface area contributed by atoms with Crippen LogP contribution in [0.3, 0.4) is 0 Å². The average molecular weight is 114 g/mol. The minimum Gasteiger partial charge on any atom is -0.457 e. The SMILES string of the molecule is C=C(C)C[NH+](C)[N-]C. The minimum atomic E-state index is 0.941. The topological polar surface area (TPSA) is 18.5 Å². The van der Waals surface area contributed by atoms with Crippen LogP contribution >= 0.6 is 0 Å². The van der Waals surface area contributed by atoms with Crippen LogP contribution in [-0.4, -0.2) is 20.6 Å². The van der Waals surface area contributed by atoms with Gasteiger partial charge in [0.1, 0.15) is 0 Å². The van der Waals surface area contributed by atoms with Crippen LogP contribution in [0.5, 0.6) is 0 Å². The van der Waals surface area contributed by atoms with Gasteiger partial charge in [-0.1, -0.05) is 6.58 Å². The summed E-state index contributed by atoms with van der Waals surface area (Å²) >= 11 is 0. The van der Waals surface area contributed by atoms with Crippen molar-refractivity contribution in [2.75, 3.05) is 20.6 Å². The van der Waals surface area contributed by atoms with Crippen molar-refractivity contribution in [3.8, 4) is 0 Å². The van der Waals surface area contributed by atoms with Gasteiger partial charge < -0.3 is 10.4 Å². The zero-order valence-corrected chi connectivity index (χ0v) is 5.86. The molecule has 0 fully saturated rings. The summed E-state index contributed by atoms with van der Waals surface area (Å²) in [6.45, 7) is 6.71. The van der Waals surface area contributed by atoms with Crippen molar-refractivity contribution in [2.45, 2.75) is 6.92 Å². The van der Waals surface area contributed by atoms with E-state index in [1.54, 1.807) is 7.05 Å². The Morgan fingerprint density at radius 1 is 1.75 bits per heavy atom. The molecule has 1 unspecified atom stereocenters. The average Bonchev–Trinajstić information content (AvgIpc) is 1.65. The standard InChI is InChI=1S/C6H14N2/c1-6(2)5-8(4)7-3/h8H,1,5H2,2-4H3. The van der Waals surface area contributed by atoms with Crippen molar-refractivity contribution in [3.63, 3.8) is 0 Å². The van der Waals surface area contributed by atoms with Crippen LogP contribution in [0.25, 0.3) is 5.43 Å². The lowest BCUT2D eigenvalue weighted by Gasteiger charge is -2.22. The monoisotopic (exact) mass is 114 g/mol. The van der Waals surface area contributed by atoms with E-state index in [0.717, 1.165) is 11.6 Å². The molecule has 0 bridgehead atoms. The predicted molar refractivity (Wildman–Crippen MR) is 35.9 cm³/mol. The quantitative estimate of drug-likeness (QED) is 0.393. The Morgan fingerprint density at radius 3 is 2.38 bits per heavy atom. The second-order valence-electron chi connectivity index (χ2n) is 2.09. The number of quaternary nitrogens is 1. The molecule has 0 aromatic heterocycles. The van der Waals surface area contributed by atoms with Crippen LogP contribution in [0.1, 0.15) is 6.92 Å². The number of nitrogens with one attached hydrogen (secondary N) is 1. The Balaban J connectivity index is 3.24. The first-order chi connectivity index (χ1) is 3.66. The lowest BCUT2D eigenvalue weighted by atomic mass is 10.3. The molecule has 0 rings (SSSR count). The molecule has 0 saturated heterocycles. The van der Waals surface area contributed by atoms with Gasteiger partial charge in [-0.05, 0) is 12.5 Å². The highest BCUT2D eigenvalue weighted by molar-refractivity contribution is 4.86. The third-order valence-corrected chi connectivity index (χ3v) is 0.939. The summed E-state index contributed by atoms with van der Waals surface area (Å²) in [5.74, 6) is 0. The van der Waals surface area contributed by atoms with Crippen LogP contribution < -0.4 is 5.01 Å². The van der Waals surface area contributed by atoms with Crippen LogP contribution in [-0.2, 0) is 0 Å². The summed E-state index contributed by atoms with van der Waals surface area (Å²) in [7, 11) is 3.81. The second kappa shape index (κ2) is 3.64. The molecular weight excluding hydrogens is 100 g/mol. The van der Waals surface area contributed by atoms with Gasteiger partial charge in [0.05, 0.1) is 13.6 Å². The smallest absolute Gasteiger partial charge is 0.0892 e. The van der Waals surface area contributed by atoms with E-state index in [4.69, 9.17) is 0 Å². The van der Waals surface area contributed by atoms with Crippen LogP contribution in [0, 0.1) is 0 Å². The lowest BCUT2D eigenvalue weighted by Crippen LogP contribution is -3.04. The van der Waals surface area contributed by atoms with Crippen LogP contribution in [0.4, 0.5) is 0 Å². The third-order valence-electron chi connectivity index (χ3n) is 0.939. The van der Waals surface area contributed by atoms with Crippen molar-refractivity contribution in [1.29, 1.82) is 0 Å². The van der Waals surface area contributed by atoms with E-state index in [9.17, 15) is 0 Å². The molecule has 48 valence electrons. The highest BCUT2D eigenvalue weighted by Gasteiger charge is 1.86. The molecule has 0 saturated carbocycles. The van der Waals surface area contributed by atoms with E-state index in [1.165, 1.54) is 5.57 Å². The van der Waals surface area contributed by atoms with Gasteiger partial charge >= 0.3 is 0 Å². The van der Waals surface area contributed by atoms with Crippen LogP contribution in [0.2, 0.25) is 0 Å². The Morgan fingerprint density at radius 2 is 2.25 bits per heavy atom. The largest absolute Gasteiger partial charge is 0.457 e. The number of likely N-dealkylation sites (N-methyl/N-ethyl adjacent to an activating group) is 1. The Kier molecular flexibility index (Phi) is 3.48. The van der Waals surface area contributed by atoms with Gasteiger partial charge in [-0.15, -0.1) is 7.05 Å². The molecule has 0 amide bonds. The van der Waals surface area contributed by atoms with E-state index in [2.05, 4.69) is 12.0 Å². The lowest BCUT2D eigenvalue weighted by molar-refractivity contribution is -0.834. The summed E-state index contributed by atoms with van der Waals surface area (Å²) in [5.41, 5.74) is 5.16. The maximum atomic E-state index is 3.98. The van der Waals surface area contributed by atoms with Gasteiger partial charge in [-0.2, -0.15) is 0 Å². The molecule has 0 radical (unpaired) electrons. The fourth-order valence-corrected chi connectivity index (χ4v) is 0.516. The van der Waals surface area contributed by atoms with E-state index in [-0.39, 0.29) is 0 Å². The zero-order valence-electron chi connectivity index (χ0n) is 5.86. The molecule has 1 N–H and O–H groups in total. The molecule has 2 heteroatoms. The van der Waals surface area contributed by atoms with E-state index >= 15 is 0 Å². The van der Waals surface area contributed by atoms with Gasteiger partial charge in [0.25, 0.3) is 0 Å².